The number of amides is 4. The first kappa shape index (κ1) is 29.2. The third kappa shape index (κ3) is 6.67. The Labute approximate surface area is 235 Å². The molecule has 3 aromatic heterocycles. The lowest BCUT2D eigenvalue weighted by molar-refractivity contribution is -0.133. The highest BCUT2D eigenvalue weighted by molar-refractivity contribution is 7.15. The van der Waals surface area contributed by atoms with Crippen LogP contribution in [0.2, 0.25) is 0 Å². The van der Waals surface area contributed by atoms with Crippen LogP contribution in [-0.2, 0) is 9.59 Å². The smallest absolute Gasteiger partial charge is 0.273 e. The van der Waals surface area contributed by atoms with Gasteiger partial charge in [-0.05, 0) is 45.4 Å². The molecule has 0 spiro atoms. The number of hydrogen-bond donors (Lipinski definition) is 5. The van der Waals surface area contributed by atoms with Crippen molar-refractivity contribution in [3.05, 3.63) is 40.8 Å². The van der Waals surface area contributed by atoms with Crippen molar-refractivity contribution in [1.29, 1.82) is 0 Å². The number of aliphatic hydroxyl groups is 1. The average molecular weight is 574 g/mol. The maximum absolute atomic E-state index is 13.4. The number of aromatic nitrogens is 3. The molecule has 0 unspecified atom stereocenters. The van der Waals surface area contributed by atoms with Crippen molar-refractivity contribution >= 4 is 39.9 Å². The van der Waals surface area contributed by atoms with E-state index in [0.717, 1.165) is 0 Å². The molecule has 0 saturated carbocycles. The minimum absolute atomic E-state index is 0.0894. The van der Waals surface area contributed by atoms with Crippen molar-refractivity contribution in [2.75, 3.05) is 6.54 Å². The van der Waals surface area contributed by atoms with Gasteiger partial charge in [-0.2, -0.15) is 0 Å². The van der Waals surface area contributed by atoms with Crippen LogP contribution in [0.25, 0.3) is 4.96 Å². The van der Waals surface area contributed by atoms with Crippen LogP contribution in [0.3, 0.4) is 0 Å². The molecule has 216 valence electrons. The number of oxazole rings is 1. The van der Waals surface area contributed by atoms with Gasteiger partial charge < -0.3 is 30.8 Å². The highest BCUT2D eigenvalue weighted by atomic mass is 32.1. The van der Waals surface area contributed by atoms with E-state index in [0.29, 0.717) is 42.2 Å². The average Bonchev–Trinajstić information content (AvgIpc) is 3.61. The molecule has 0 aromatic carbocycles. The van der Waals surface area contributed by atoms with Crippen LogP contribution in [0.5, 0.6) is 0 Å². The molecule has 1 aliphatic rings. The molecule has 0 radical (unpaired) electrons. The van der Waals surface area contributed by atoms with Crippen molar-refractivity contribution < 1.29 is 28.7 Å². The third-order valence-corrected chi connectivity index (χ3v) is 7.37. The van der Waals surface area contributed by atoms with Gasteiger partial charge in [0, 0.05) is 18.1 Å². The first-order valence-corrected chi connectivity index (χ1v) is 14.2. The Kier molecular flexibility index (Phi) is 9.20. The molecule has 4 amide bonds. The molecule has 40 heavy (non-hydrogen) atoms. The van der Waals surface area contributed by atoms with E-state index >= 15 is 0 Å². The number of hydrogen-bond acceptors (Lipinski definition) is 9. The number of nitrogens with zero attached hydrogens (tertiary/aromatic N) is 3. The maximum Gasteiger partial charge on any atom is 0.273 e. The predicted molar refractivity (Wildman–Crippen MR) is 146 cm³/mol. The third-order valence-electron chi connectivity index (χ3n) is 6.62. The molecule has 0 fully saturated rings. The lowest BCUT2D eigenvalue weighted by atomic mass is 10.0. The summed E-state index contributed by atoms with van der Waals surface area (Å²) < 4.78 is 7.19. The number of nitrogens with one attached hydrogen (secondary N) is 4. The van der Waals surface area contributed by atoms with Gasteiger partial charge in [0.05, 0.1) is 11.8 Å². The zero-order valence-electron chi connectivity index (χ0n) is 22.9. The minimum atomic E-state index is -1.31. The number of thiazole rings is 1. The molecule has 13 nitrogen and oxygen atoms in total. The van der Waals surface area contributed by atoms with Gasteiger partial charge in [0.15, 0.2) is 10.7 Å². The van der Waals surface area contributed by atoms with Crippen LogP contribution in [-0.4, -0.2) is 67.8 Å². The highest BCUT2D eigenvalue weighted by Crippen LogP contribution is 2.22. The van der Waals surface area contributed by atoms with E-state index in [1.165, 1.54) is 24.5 Å². The molecule has 0 aliphatic carbocycles. The Balaban J connectivity index is 1.60. The van der Waals surface area contributed by atoms with E-state index in [9.17, 15) is 24.3 Å². The summed E-state index contributed by atoms with van der Waals surface area (Å²) in [7, 11) is 0. The van der Waals surface area contributed by atoms with Crippen molar-refractivity contribution in [2.24, 2.45) is 5.92 Å². The molecule has 1 aliphatic heterocycles. The van der Waals surface area contributed by atoms with Gasteiger partial charge in [0.25, 0.3) is 11.8 Å². The zero-order valence-corrected chi connectivity index (χ0v) is 23.7. The van der Waals surface area contributed by atoms with E-state index in [1.807, 2.05) is 19.2 Å². The summed E-state index contributed by atoms with van der Waals surface area (Å²) in [5.74, 6) is -1.90. The summed E-state index contributed by atoms with van der Waals surface area (Å²) in [6.07, 6.45) is 3.40. The maximum atomic E-state index is 13.4. The quantitative estimate of drug-likeness (QED) is 0.304. The number of rotatable bonds is 5. The van der Waals surface area contributed by atoms with Gasteiger partial charge in [0.2, 0.25) is 17.7 Å². The van der Waals surface area contributed by atoms with E-state index in [4.69, 9.17) is 4.42 Å². The Morgan fingerprint density at radius 2 is 1.98 bits per heavy atom. The van der Waals surface area contributed by atoms with Gasteiger partial charge >= 0.3 is 0 Å². The molecule has 2 bridgehead atoms. The molecule has 14 heteroatoms. The normalized spacial score (nSPS) is 22.1. The fourth-order valence-corrected chi connectivity index (χ4v) is 5.35. The number of aliphatic hydroxyl groups excluding tert-OH is 1. The number of carbonyl (C=O) groups is 4. The fraction of sp³-hybridized carbons (Fsp3) is 0.538. The zero-order chi connectivity index (χ0) is 29.0. The monoisotopic (exact) mass is 573 g/mol. The highest BCUT2D eigenvalue weighted by Gasteiger charge is 2.33. The Morgan fingerprint density at radius 1 is 1.20 bits per heavy atom. The standard InChI is InChI=1S/C26H35N7O6S/c1-13(2)11-17-25-31-18(12-39-25)21(35)27-8-6-5-7-16(22(36)32-19(15(4)34)23(37)30-17)29-24(38)20-14(3)28-26-33(20)9-10-40-26/h9-10,12-13,15-17,19,34H,5-8,11H2,1-4H3,(H,27,35)(H,29,38)(H,30,37)(H,32,36)/t15-,16+,17+,19+/m1/s1. The first-order chi connectivity index (χ1) is 19.0. The van der Waals surface area contributed by atoms with Crippen LogP contribution < -0.4 is 21.3 Å². The second kappa shape index (κ2) is 12.6. The molecule has 4 atom stereocenters. The topological polar surface area (TPSA) is 180 Å². The second-order valence-corrected chi connectivity index (χ2v) is 11.2. The Morgan fingerprint density at radius 3 is 2.70 bits per heavy atom. The van der Waals surface area contributed by atoms with Crippen molar-refractivity contribution in [2.45, 2.75) is 77.6 Å². The molecule has 0 saturated heterocycles. The molecular formula is C26H35N7O6S. The van der Waals surface area contributed by atoms with Gasteiger partial charge in [-0.3, -0.25) is 23.6 Å². The van der Waals surface area contributed by atoms with Gasteiger partial charge in [-0.15, -0.1) is 11.3 Å². The number of carbonyl (C=O) groups excluding carboxylic acids is 4. The van der Waals surface area contributed by atoms with Crippen molar-refractivity contribution in [1.82, 2.24) is 35.6 Å². The van der Waals surface area contributed by atoms with Crippen molar-refractivity contribution in [3.63, 3.8) is 0 Å². The molecule has 4 heterocycles. The van der Waals surface area contributed by atoms with E-state index in [1.54, 1.807) is 17.5 Å². The Bertz CT molecular complexity index is 1380. The van der Waals surface area contributed by atoms with Gasteiger partial charge in [-0.1, -0.05) is 13.8 Å². The summed E-state index contributed by atoms with van der Waals surface area (Å²) in [5.41, 5.74) is 0.924. The van der Waals surface area contributed by atoms with E-state index < -0.39 is 47.9 Å². The van der Waals surface area contributed by atoms with Crippen molar-refractivity contribution in [3.8, 4) is 0 Å². The SMILES string of the molecule is Cc1nc2sccn2c1C(=O)N[C@H]1CCCCNC(=O)c2coc(n2)[C@H](CC(C)C)NC(=O)[C@H]([C@@H](C)O)NC1=O. The van der Waals surface area contributed by atoms with Crippen LogP contribution in [0, 0.1) is 12.8 Å². The molecule has 4 rings (SSSR count). The molecule has 3 aromatic rings. The van der Waals surface area contributed by atoms with Crippen LogP contribution in [0.15, 0.2) is 22.3 Å². The van der Waals surface area contributed by atoms with Gasteiger partial charge in [0.1, 0.15) is 30.1 Å². The summed E-state index contributed by atoms with van der Waals surface area (Å²) in [4.78, 5) is 62.0. The Hall–Kier alpha value is -3.78. The summed E-state index contributed by atoms with van der Waals surface area (Å²) in [6, 6.07) is -3.02. The van der Waals surface area contributed by atoms with E-state index in [2.05, 4.69) is 31.2 Å². The number of fused-ring (bicyclic) bond motifs is 3. The number of aryl methyl sites for hydroxylation is 1. The largest absolute Gasteiger partial charge is 0.446 e. The lowest BCUT2D eigenvalue weighted by Gasteiger charge is -2.27. The number of imidazole rings is 1. The predicted octanol–water partition coefficient (Wildman–Crippen LogP) is 1.47. The molecule has 5 N–H and O–H groups in total. The van der Waals surface area contributed by atoms with Crippen LogP contribution in [0.4, 0.5) is 0 Å². The van der Waals surface area contributed by atoms with Crippen LogP contribution in [0.1, 0.15) is 85.1 Å². The summed E-state index contributed by atoms with van der Waals surface area (Å²) in [5, 5.41) is 23.2. The van der Waals surface area contributed by atoms with E-state index in [-0.39, 0.29) is 23.9 Å². The fourth-order valence-electron chi connectivity index (χ4n) is 4.59. The van der Waals surface area contributed by atoms with Crippen LogP contribution >= 0.6 is 11.3 Å². The molecular weight excluding hydrogens is 538 g/mol. The first-order valence-electron chi connectivity index (χ1n) is 13.3. The second-order valence-electron chi connectivity index (χ2n) is 10.4. The lowest BCUT2D eigenvalue weighted by Crippen LogP contribution is -2.57. The summed E-state index contributed by atoms with van der Waals surface area (Å²) >= 11 is 1.39. The van der Waals surface area contributed by atoms with Gasteiger partial charge in [-0.25, -0.2) is 9.97 Å². The minimum Gasteiger partial charge on any atom is -0.446 e. The summed E-state index contributed by atoms with van der Waals surface area (Å²) in [6.45, 7) is 7.34.